The first kappa shape index (κ1) is 22.6. The molecule has 1 unspecified atom stereocenters. The van der Waals surface area contributed by atoms with Crippen LogP contribution >= 0.6 is 0 Å². The van der Waals surface area contributed by atoms with Crippen LogP contribution in [-0.4, -0.2) is 14.3 Å². The number of rotatable bonds is 7. The van der Waals surface area contributed by atoms with Gasteiger partial charge in [0.15, 0.2) is 0 Å². The van der Waals surface area contributed by atoms with E-state index in [1.54, 1.807) is 43.3 Å². The second-order valence-corrected chi connectivity index (χ2v) is 9.68. The van der Waals surface area contributed by atoms with Crippen LogP contribution in [0.2, 0.25) is 0 Å². The van der Waals surface area contributed by atoms with Gasteiger partial charge < -0.3 is 5.32 Å². The maximum Gasteiger partial charge on any atom is 0.261 e. The predicted octanol–water partition coefficient (Wildman–Crippen LogP) is 5.23. The molecule has 0 aliphatic heterocycles. The molecule has 0 aliphatic rings. The van der Waals surface area contributed by atoms with E-state index in [1.165, 1.54) is 12.1 Å². The van der Waals surface area contributed by atoms with Crippen molar-refractivity contribution in [1.29, 1.82) is 0 Å². The van der Waals surface area contributed by atoms with Gasteiger partial charge in [-0.3, -0.25) is 9.52 Å². The Morgan fingerprint density at radius 3 is 2.10 bits per heavy atom. The molecule has 0 fully saturated rings. The minimum atomic E-state index is -3.69. The van der Waals surface area contributed by atoms with Gasteiger partial charge in [0.25, 0.3) is 15.9 Å². The Morgan fingerprint density at radius 1 is 0.839 bits per heavy atom. The molecule has 5 nitrogen and oxygen atoms in total. The minimum Gasteiger partial charge on any atom is -0.345 e. The monoisotopic (exact) mass is 436 g/mol. The van der Waals surface area contributed by atoms with Crippen LogP contribution in [0, 0.1) is 19.8 Å². The molecule has 2 N–H and O–H groups in total. The van der Waals surface area contributed by atoms with E-state index in [2.05, 4.69) is 23.9 Å². The van der Waals surface area contributed by atoms with E-state index < -0.39 is 10.0 Å². The van der Waals surface area contributed by atoms with Crippen molar-refractivity contribution < 1.29 is 13.2 Å². The lowest BCUT2D eigenvalue weighted by molar-refractivity contribution is 0.0925. The summed E-state index contributed by atoms with van der Waals surface area (Å²) in [5.41, 5.74) is 3.82. The summed E-state index contributed by atoms with van der Waals surface area (Å²) in [7, 11) is -3.69. The molecule has 3 rings (SSSR count). The molecule has 0 saturated carbocycles. The smallest absolute Gasteiger partial charge is 0.261 e. The SMILES string of the molecule is Cc1cc(C(=O)NC(c2ccccc2C)C(C)C)ccc1NS(=O)(=O)c1ccccc1. The predicted molar refractivity (Wildman–Crippen MR) is 125 cm³/mol. The molecule has 0 aliphatic carbocycles. The molecule has 3 aromatic rings. The van der Waals surface area contributed by atoms with Gasteiger partial charge in [-0.1, -0.05) is 56.3 Å². The van der Waals surface area contributed by atoms with Gasteiger partial charge >= 0.3 is 0 Å². The second-order valence-electron chi connectivity index (χ2n) is 8.00. The number of hydrogen-bond donors (Lipinski definition) is 2. The zero-order valence-corrected chi connectivity index (χ0v) is 19.0. The molecule has 1 amide bonds. The largest absolute Gasteiger partial charge is 0.345 e. The van der Waals surface area contributed by atoms with Gasteiger partial charge in [0, 0.05) is 5.56 Å². The lowest BCUT2D eigenvalue weighted by atomic mass is 9.92. The third kappa shape index (κ3) is 5.33. The quantitative estimate of drug-likeness (QED) is 0.532. The van der Waals surface area contributed by atoms with Crippen molar-refractivity contribution in [1.82, 2.24) is 5.32 Å². The van der Waals surface area contributed by atoms with Crippen LogP contribution in [0.15, 0.2) is 77.7 Å². The molecule has 0 bridgehead atoms. The first-order chi connectivity index (χ1) is 14.7. The number of benzene rings is 3. The summed E-state index contributed by atoms with van der Waals surface area (Å²) in [6.45, 7) is 7.96. The van der Waals surface area contributed by atoms with Crippen LogP contribution in [-0.2, 0) is 10.0 Å². The van der Waals surface area contributed by atoms with Crippen LogP contribution in [0.1, 0.15) is 46.9 Å². The van der Waals surface area contributed by atoms with Gasteiger partial charge in [-0.2, -0.15) is 0 Å². The van der Waals surface area contributed by atoms with E-state index >= 15 is 0 Å². The highest BCUT2D eigenvalue weighted by molar-refractivity contribution is 7.92. The molecule has 0 aromatic heterocycles. The second kappa shape index (κ2) is 9.35. The Kier molecular flexibility index (Phi) is 6.81. The normalized spacial score (nSPS) is 12.4. The Balaban J connectivity index is 1.80. The average Bonchev–Trinajstić information content (AvgIpc) is 2.74. The van der Waals surface area contributed by atoms with Gasteiger partial charge in [-0.15, -0.1) is 0 Å². The highest BCUT2D eigenvalue weighted by atomic mass is 32.2. The summed E-state index contributed by atoms with van der Waals surface area (Å²) in [6.07, 6.45) is 0. The summed E-state index contributed by atoms with van der Waals surface area (Å²) >= 11 is 0. The molecule has 3 aromatic carbocycles. The maximum atomic E-state index is 13.0. The molecule has 31 heavy (non-hydrogen) atoms. The number of sulfonamides is 1. The summed E-state index contributed by atoms with van der Waals surface area (Å²) in [4.78, 5) is 13.2. The third-order valence-corrected chi connectivity index (χ3v) is 6.64. The summed E-state index contributed by atoms with van der Waals surface area (Å²) in [5, 5.41) is 3.13. The van der Waals surface area contributed by atoms with Crippen molar-refractivity contribution in [2.75, 3.05) is 4.72 Å². The number of carbonyl (C=O) groups excluding carboxylic acids is 1. The van der Waals surface area contributed by atoms with E-state index in [0.29, 0.717) is 16.8 Å². The van der Waals surface area contributed by atoms with Gasteiger partial charge in [0.05, 0.1) is 16.6 Å². The molecule has 162 valence electrons. The highest BCUT2D eigenvalue weighted by Gasteiger charge is 2.21. The molecule has 6 heteroatoms. The first-order valence-electron chi connectivity index (χ1n) is 10.2. The van der Waals surface area contributed by atoms with E-state index in [9.17, 15) is 13.2 Å². The first-order valence-corrected chi connectivity index (χ1v) is 11.7. The molecule has 0 spiro atoms. The summed E-state index contributed by atoms with van der Waals surface area (Å²) in [6, 6.07) is 21.1. The van der Waals surface area contributed by atoms with Crippen LogP contribution < -0.4 is 10.0 Å². The van der Waals surface area contributed by atoms with Crippen LogP contribution in [0.5, 0.6) is 0 Å². The Morgan fingerprint density at radius 2 is 1.48 bits per heavy atom. The number of hydrogen-bond acceptors (Lipinski definition) is 3. The molecular formula is C25H28N2O3S. The zero-order chi connectivity index (χ0) is 22.6. The van der Waals surface area contributed by atoms with E-state index in [0.717, 1.165) is 11.1 Å². The topological polar surface area (TPSA) is 75.3 Å². The molecule has 0 radical (unpaired) electrons. The molecule has 0 heterocycles. The van der Waals surface area contributed by atoms with Crippen LogP contribution in [0.4, 0.5) is 5.69 Å². The highest BCUT2D eigenvalue weighted by Crippen LogP contribution is 2.26. The number of carbonyl (C=O) groups is 1. The molecular weight excluding hydrogens is 408 g/mol. The lowest BCUT2D eigenvalue weighted by Crippen LogP contribution is -2.32. The fourth-order valence-corrected chi connectivity index (χ4v) is 4.64. The minimum absolute atomic E-state index is 0.120. The molecule has 0 saturated heterocycles. The van der Waals surface area contributed by atoms with E-state index in [1.807, 2.05) is 31.2 Å². The van der Waals surface area contributed by atoms with Crippen molar-refractivity contribution in [2.45, 2.75) is 38.6 Å². The van der Waals surface area contributed by atoms with Gasteiger partial charge in [0.2, 0.25) is 0 Å². The van der Waals surface area contributed by atoms with Crippen molar-refractivity contribution in [3.63, 3.8) is 0 Å². The number of nitrogens with one attached hydrogen (secondary N) is 2. The van der Waals surface area contributed by atoms with E-state index in [-0.39, 0.29) is 22.8 Å². The van der Waals surface area contributed by atoms with Crippen molar-refractivity contribution in [3.05, 3.63) is 95.1 Å². The Hall–Kier alpha value is -3.12. The lowest BCUT2D eigenvalue weighted by Gasteiger charge is -2.25. The fraction of sp³-hybridized carbons (Fsp3) is 0.240. The number of aryl methyl sites for hydroxylation is 2. The summed E-state index contributed by atoms with van der Waals surface area (Å²) < 4.78 is 27.8. The zero-order valence-electron chi connectivity index (χ0n) is 18.2. The number of amides is 1. The van der Waals surface area contributed by atoms with Gasteiger partial charge in [-0.05, 0) is 66.8 Å². The van der Waals surface area contributed by atoms with Crippen molar-refractivity contribution >= 4 is 21.6 Å². The fourth-order valence-electron chi connectivity index (χ4n) is 3.49. The average molecular weight is 437 g/mol. The van der Waals surface area contributed by atoms with Gasteiger partial charge in [-0.25, -0.2) is 8.42 Å². The molecule has 1 atom stereocenters. The van der Waals surface area contributed by atoms with Crippen molar-refractivity contribution in [3.8, 4) is 0 Å². The van der Waals surface area contributed by atoms with Crippen LogP contribution in [0.25, 0.3) is 0 Å². The van der Waals surface area contributed by atoms with Gasteiger partial charge in [0.1, 0.15) is 0 Å². The Labute approximate surface area is 184 Å². The maximum absolute atomic E-state index is 13.0. The standard InChI is InChI=1S/C25H28N2O3S/c1-17(2)24(22-13-9-8-10-18(22)3)26-25(28)20-14-15-23(19(4)16-20)27-31(29,30)21-11-6-5-7-12-21/h5-17,24,27H,1-4H3,(H,26,28). The number of anilines is 1. The third-order valence-electron chi connectivity index (χ3n) is 5.26. The Bertz CT molecular complexity index is 1170. The summed E-state index contributed by atoms with van der Waals surface area (Å²) in [5.74, 6) is 0.0191. The van der Waals surface area contributed by atoms with E-state index in [4.69, 9.17) is 0 Å². The van der Waals surface area contributed by atoms with Crippen LogP contribution in [0.3, 0.4) is 0 Å². The van der Waals surface area contributed by atoms with Crippen molar-refractivity contribution in [2.24, 2.45) is 5.92 Å².